The first-order valence-corrected chi connectivity index (χ1v) is 11.5. The molecule has 3 rings (SSSR count). The van der Waals surface area contributed by atoms with Crippen LogP contribution >= 0.6 is 0 Å². The summed E-state index contributed by atoms with van der Waals surface area (Å²) >= 11 is 0. The summed E-state index contributed by atoms with van der Waals surface area (Å²) in [6, 6.07) is 10.8. The zero-order valence-electron chi connectivity index (χ0n) is 17.7. The zero-order valence-corrected chi connectivity index (χ0v) is 18.6. The van der Waals surface area contributed by atoms with Gasteiger partial charge in [-0.3, -0.25) is 14.4 Å². The summed E-state index contributed by atoms with van der Waals surface area (Å²) in [5.74, 6) is -1.78. The molecule has 1 heterocycles. The Morgan fingerprint density at radius 1 is 1.12 bits per heavy atom. The van der Waals surface area contributed by atoms with Crippen LogP contribution in [0.1, 0.15) is 35.7 Å². The predicted octanol–water partition coefficient (Wildman–Crippen LogP) is 1.91. The Bertz CT molecular complexity index is 1130. The lowest BCUT2D eigenvalue weighted by Crippen LogP contribution is -2.46. The third kappa shape index (κ3) is 4.64. The van der Waals surface area contributed by atoms with Crippen LogP contribution in [0.5, 0.6) is 0 Å². The van der Waals surface area contributed by atoms with Crippen molar-refractivity contribution in [2.24, 2.45) is 0 Å². The van der Waals surface area contributed by atoms with E-state index in [0.717, 1.165) is 4.31 Å². The molecule has 0 saturated heterocycles. The van der Waals surface area contributed by atoms with Gasteiger partial charge in [0.15, 0.2) is 0 Å². The molecule has 170 valence electrons. The maximum Gasteiger partial charge on any atom is 0.269 e. The number of hydrogen-bond acceptors (Lipinski definition) is 5. The highest BCUT2D eigenvalue weighted by Crippen LogP contribution is 2.30. The van der Waals surface area contributed by atoms with Crippen LogP contribution in [0.4, 0.5) is 4.39 Å². The fraction of sp³-hybridized carbons (Fsp3) is 0.318. The molecule has 8 nitrogen and oxygen atoms in total. The molecule has 1 atom stereocenters. The second-order valence-electron chi connectivity index (χ2n) is 7.42. The van der Waals surface area contributed by atoms with E-state index in [2.05, 4.69) is 5.32 Å². The molecular weight excluding hydrogens is 437 g/mol. The van der Waals surface area contributed by atoms with Crippen molar-refractivity contribution < 1.29 is 27.2 Å². The van der Waals surface area contributed by atoms with Crippen molar-refractivity contribution in [1.29, 1.82) is 0 Å². The number of rotatable bonds is 8. The Morgan fingerprint density at radius 2 is 1.78 bits per heavy atom. The van der Waals surface area contributed by atoms with Crippen LogP contribution in [0, 0.1) is 5.82 Å². The van der Waals surface area contributed by atoms with E-state index < -0.39 is 27.8 Å². The number of hydrogen-bond donors (Lipinski definition) is 1. The second-order valence-corrected chi connectivity index (χ2v) is 9.25. The lowest BCUT2D eigenvalue weighted by Gasteiger charge is -2.28. The lowest BCUT2D eigenvalue weighted by atomic mass is 10.1. The maximum atomic E-state index is 13.2. The first-order chi connectivity index (χ1) is 15.2. The van der Waals surface area contributed by atoms with Gasteiger partial charge in [-0.25, -0.2) is 17.1 Å². The minimum atomic E-state index is -3.94. The smallest absolute Gasteiger partial charge is 0.269 e. The van der Waals surface area contributed by atoms with Crippen LogP contribution in [0.2, 0.25) is 0 Å². The van der Waals surface area contributed by atoms with E-state index in [4.69, 9.17) is 0 Å². The molecule has 1 aliphatic rings. The Labute approximate surface area is 186 Å². The standard InChI is InChI=1S/C22H24FN3O5S/c1-15(21(28)24-2)25(14-16-9-11-17(23)12-10-16)20(27)8-5-13-26-22(29)18-6-3-4-7-19(18)32(26,30)31/h3-4,6-7,9-12,15H,5,8,13-14H2,1-2H3,(H,24,28)/t15-/m0/s1. The van der Waals surface area contributed by atoms with Crippen LogP contribution in [-0.4, -0.2) is 55.0 Å². The van der Waals surface area contributed by atoms with E-state index in [1.165, 1.54) is 48.3 Å². The quantitative estimate of drug-likeness (QED) is 0.647. The van der Waals surface area contributed by atoms with Gasteiger partial charge in [-0.1, -0.05) is 24.3 Å². The average molecular weight is 462 g/mol. The van der Waals surface area contributed by atoms with Crippen molar-refractivity contribution in [2.45, 2.75) is 37.2 Å². The third-order valence-electron chi connectivity index (χ3n) is 5.34. The van der Waals surface area contributed by atoms with Crippen molar-refractivity contribution >= 4 is 27.7 Å². The van der Waals surface area contributed by atoms with Gasteiger partial charge in [-0.2, -0.15) is 0 Å². The molecule has 0 aromatic heterocycles. The van der Waals surface area contributed by atoms with Crippen LogP contribution in [0.3, 0.4) is 0 Å². The Morgan fingerprint density at radius 3 is 2.41 bits per heavy atom. The maximum absolute atomic E-state index is 13.2. The summed E-state index contributed by atoms with van der Waals surface area (Å²) in [7, 11) is -2.48. The van der Waals surface area contributed by atoms with Gasteiger partial charge in [0.2, 0.25) is 11.8 Å². The van der Waals surface area contributed by atoms with Crippen molar-refractivity contribution in [1.82, 2.24) is 14.5 Å². The summed E-state index contributed by atoms with van der Waals surface area (Å²) in [5.41, 5.74) is 0.758. The Hall–Kier alpha value is -3.27. The molecule has 2 aromatic carbocycles. The highest BCUT2D eigenvalue weighted by Gasteiger charge is 2.40. The van der Waals surface area contributed by atoms with E-state index >= 15 is 0 Å². The van der Waals surface area contributed by atoms with Gasteiger partial charge >= 0.3 is 0 Å². The average Bonchev–Trinajstić information content (AvgIpc) is 2.98. The minimum Gasteiger partial charge on any atom is -0.357 e. The summed E-state index contributed by atoms with van der Waals surface area (Å²) < 4.78 is 39.3. The number of fused-ring (bicyclic) bond motifs is 1. The number of nitrogens with one attached hydrogen (secondary N) is 1. The summed E-state index contributed by atoms with van der Waals surface area (Å²) in [4.78, 5) is 38.9. The summed E-state index contributed by atoms with van der Waals surface area (Å²) in [6.45, 7) is 1.51. The first-order valence-electron chi connectivity index (χ1n) is 10.1. The molecule has 0 unspecified atom stereocenters. The number of halogens is 1. The largest absolute Gasteiger partial charge is 0.357 e. The SMILES string of the molecule is CNC(=O)[C@H](C)N(Cc1ccc(F)cc1)C(=O)CCCN1C(=O)c2ccccc2S1(=O)=O. The summed E-state index contributed by atoms with van der Waals surface area (Å²) in [5, 5.41) is 2.50. The molecule has 0 bridgehead atoms. The van der Waals surface area contributed by atoms with Gasteiger partial charge < -0.3 is 10.2 Å². The molecule has 0 saturated carbocycles. The van der Waals surface area contributed by atoms with E-state index in [0.29, 0.717) is 5.56 Å². The van der Waals surface area contributed by atoms with Gasteiger partial charge in [0, 0.05) is 26.6 Å². The van der Waals surface area contributed by atoms with Crippen molar-refractivity contribution in [3.8, 4) is 0 Å². The number of amides is 3. The molecule has 3 amide bonds. The number of carbonyl (C=O) groups excluding carboxylic acids is 3. The molecule has 2 aromatic rings. The lowest BCUT2D eigenvalue weighted by molar-refractivity contribution is -0.140. The highest BCUT2D eigenvalue weighted by molar-refractivity contribution is 7.90. The molecule has 1 N–H and O–H groups in total. The van der Waals surface area contributed by atoms with Gasteiger partial charge in [-0.15, -0.1) is 0 Å². The van der Waals surface area contributed by atoms with Crippen LogP contribution < -0.4 is 5.32 Å². The molecule has 0 radical (unpaired) electrons. The molecule has 0 aliphatic carbocycles. The van der Waals surface area contributed by atoms with Crippen LogP contribution in [0.15, 0.2) is 53.4 Å². The normalized spacial score (nSPS) is 15.2. The third-order valence-corrected chi connectivity index (χ3v) is 7.18. The topological polar surface area (TPSA) is 104 Å². The van der Waals surface area contributed by atoms with Gasteiger partial charge in [-0.05, 0) is 43.2 Å². The van der Waals surface area contributed by atoms with E-state index in [9.17, 15) is 27.2 Å². The Balaban J connectivity index is 1.69. The number of carbonyl (C=O) groups is 3. The van der Waals surface area contributed by atoms with Crippen molar-refractivity contribution in [3.05, 3.63) is 65.5 Å². The molecule has 0 fully saturated rings. The Kier molecular flexibility index (Phi) is 6.93. The van der Waals surface area contributed by atoms with E-state index in [1.807, 2.05) is 0 Å². The van der Waals surface area contributed by atoms with Gasteiger partial charge in [0.05, 0.1) is 5.56 Å². The first kappa shape index (κ1) is 23.4. The highest BCUT2D eigenvalue weighted by atomic mass is 32.2. The molecule has 1 aliphatic heterocycles. The van der Waals surface area contributed by atoms with Gasteiger partial charge in [0.1, 0.15) is 16.8 Å². The second kappa shape index (κ2) is 9.47. The fourth-order valence-corrected chi connectivity index (χ4v) is 5.16. The number of likely N-dealkylation sites (N-methyl/N-ethyl adjacent to an activating group) is 1. The van der Waals surface area contributed by atoms with Crippen LogP contribution in [-0.2, 0) is 26.2 Å². The number of nitrogens with zero attached hydrogens (tertiary/aromatic N) is 2. The minimum absolute atomic E-state index is 0.0394. The monoisotopic (exact) mass is 461 g/mol. The van der Waals surface area contributed by atoms with Crippen molar-refractivity contribution in [3.63, 3.8) is 0 Å². The molecular formula is C22H24FN3O5S. The zero-order chi connectivity index (χ0) is 23.5. The molecule has 0 spiro atoms. The van der Waals surface area contributed by atoms with E-state index in [-0.39, 0.29) is 48.2 Å². The fourth-order valence-electron chi connectivity index (χ4n) is 3.55. The van der Waals surface area contributed by atoms with E-state index in [1.54, 1.807) is 19.1 Å². The number of benzene rings is 2. The predicted molar refractivity (Wildman–Crippen MR) is 114 cm³/mol. The molecule has 10 heteroatoms. The van der Waals surface area contributed by atoms with Gasteiger partial charge in [0.25, 0.3) is 15.9 Å². The molecule has 32 heavy (non-hydrogen) atoms. The number of sulfonamides is 1. The van der Waals surface area contributed by atoms with Crippen molar-refractivity contribution in [2.75, 3.05) is 13.6 Å². The van der Waals surface area contributed by atoms with Crippen LogP contribution in [0.25, 0.3) is 0 Å². The summed E-state index contributed by atoms with van der Waals surface area (Å²) in [6.07, 6.45) is 0.0242.